The van der Waals surface area contributed by atoms with Crippen LogP contribution < -0.4 is 5.32 Å². The third-order valence-corrected chi connectivity index (χ3v) is 2.67. The molecule has 0 aliphatic heterocycles. The van der Waals surface area contributed by atoms with E-state index < -0.39 is 5.91 Å². The molecule has 3 rings (SSSR count). The van der Waals surface area contributed by atoms with Crippen LogP contribution in [0.1, 0.15) is 16.3 Å². The molecule has 0 aliphatic carbocycles. The van der Waals surface area contributed by atoms with Gasteiger partial charge in [-0.3, -0.25) is 9.48 Å². The maximum Gasteiger partial charge on any atom is 0.297 e. The van der Waals surface area contributed by atoms with Crippen molar-refractivity contribution in [3.8, 4) is 0 Å². The van der Waals surface area contributed by atoms with Crippen molar-refractivity contribution in [3.63, 3.8) is 0 Å². The van der Waals surface area contributed by atoms with E-state index in [0.717, 1.165) is 16.7 Å². The molecular formula is C10H10N8O. The number of carbonyl (C=O) groups is 1. The van der Waals surface area contributed by atoms with E-state index >= 15 is 0 Å². The smallest absolute Gasteiger partial charge is 0.297 e. The van der Waals surface area contributed by atoms with Crippen LogP contribution in [-0.4, -0.2) is 41.3 Å². The molecule has 0 aliphatic rings. The topological polar surface area (TPSA) is 114 Å². The second-order valence-electron chi connectivity index (χ2n) is 3.99. The summed E-state index contributed by atoms with van der Waals surface area (Å²) in [5.41, 5.74) is 2.16. The van der Waals surface area contributed by atoms with Gasteiger partial charge in [-0.15, -0.1) is 10.2 Å². The first-order valence-corrected chi connectivity index (χ1v) is 5.49. The third kappa shape index (κ3) is 1.90. The first-order chi connectivity index (χ1) is 9.15. The van der Waals surface area contributed by atoms with Gasteiger partial charge in [-0.05, 0) is 18.2 Å². The molecule has 3 aromatic heterocycles. The van der Waals surface area contributed by atoms with E-state index in [9.17, 15) is 4.79 Å². The maximum absolute atomic E-state index is 11.8. The molecule has 9 heteroatoms. The molecule has 1 amide bonds. The summed E-state index contributed by atoms with van der Waals surface area (Å²) in [5.74, 6) is -0.473. The Morgan fingerprint density at radius 3 is 3.05 bits per heavy atom. The Kier molecular flexibility index (Phi) is 2.44. The minimum atomic E-state index is -0.448. The fourth-order valence-electron chi connectivity index (χ4n) is 1.82. The van der Waals surface area contributed by atoms with Gasteiger partial charge in [0.25, 0.3) is 11.7 Å². The van der Waals surface area contributed by atoms with Crippen LogP contribution in [0, 0.1) is 6.92 Å². The van der Waals surface area contributed by atoms with Gasteiger partial charge in [0.15, 0.2) is 5.65 Å². The molecule has 0 bridgehead atoms. The van der Waals surface area contributed by atoms with Crippen LogP contribution in [0.15, 0.2) is 12.3 Å². The summed E-state index contributed by atoms with van der Waals surface area (Å²) < 4.78 is 1.69. The number of tetrazole rings is 1. The number of carbonyl (C=O) groups excluding carboxylic acids is 1. The Morgan fingerprint density at radius 2 is 2.32 bits per heavy atom. The molecule has 0 atom stereocenters. The monoisotopic (exact) mass is 258 g/mol. The first kappa shape index (κ1) is 11.3. The van der Waals surface area contributed by atoms with Crippen LogP contribution in [0.5, 0.6) is 0 Å². The number of nitrogens with zero attached hydrogens (tertiary/aromatic N) is 6. The number of amides is 1. The average molecular weight is 258 g/mol. The van der Waals surface area contributed by atoms with Crippen LogP contribution in [0.2, 0.25) is 0 Å². The van der Waals surface area contributed by atoms with Gasteiger partial charge in [-0.2, -0.15) is 10.3 Å². The van der Waals surface area contributed by atoms with Crippen molar-refractivity contribution in [2.75, 3.05) is 5.32 Å². The highest BCUT2D eigenvalue weighted by Gasteiger charge is 2.13. The highest BCUT2D eigenvalue weighted by Crippen LogP contribution is 2.19. The predicted molar refractivity (Wildman–Crippen MR) is 65.4 cm³/mol. The van der Waals surface area contributed by atoms with Crippen molar-refractivity contribution in [1.82, 2.24) is 35.4 Å². The number of H-pyrrole nitrogens is 1. The fourth-order valence-corrected chi connectivity index (χ4v) is 1.82. The SMILES string of the molecule is Cc1nn(C)c2ncc(NC(=O)c3nn[nH]n3)cc12. The van der Waals surface area contributed by atoms with E-state index in [1.54, 1.807) is 10.9 Å². The second-order valence-corrected chi connectivity index (χ2v) is 3.99. The lowest BCUT2D eigenvalue weighted by Crippen LogP contribution is -2.14. The lowest BCUT2D eigenvalue weighted by molar-refractivity contribution is 0.101. The zero-order valence-corrected chi connectivity index (χ0v) is 10.2. The summed E-state index contributed by atoms with van der Waals surface area (Å²) in [5, 5.41) is 20.5. The molecule has 0 aromatic carbocycles. The van der Waals surface area contributed by atoms with Crippen LogP contribution >= 0.6 is 0 Å². The van der Waals surface area contributed by atoms with E-state index in [0.29, 0.717) is 5.69 Å². The van der Waals surface area contributed by atoms with E-state index in [4.69, 9.17) is 0 Å². The highest BCUT2D eigenvalue weighted by atomic mass is 16.2. The summed E-state index contributed by atoms with van der Waals surface area (Å²) in [6.07, 6.45) is 1.56. The van der Waals surface area contributed by atoms with Crippen molar-refractivity contribution in [2.45, 2.75) is 6.92 Å². The Bertz CT molecular complexity index is 744. The molecule has 3 heterocycles. The number of rotatable bonds is 2. The Hall–Kier alpha value is -2.84. The molecular weight excluding hydrogens is 248 g/mol. The molecule has 0 radical (unpaired) electrons. The fraction of sp³-hybridized carbons (Fsp3) is 0.200. The normalized spacial score (nSPS) is 10.8. The van der Waals surface area contributed by atoms with E-state index in [1.807, 2.05) is 20.0 Å². The zero-order chi connectivity index (χ0) is 13.4. The summed E-state index contributed by atoms with van der Waals surface area (Å²) in [7, 11) is 1.82. The van der Waals surface area contributed by atoms with Crippen molar-refractivity contribution < 1.29 is 4.79 Å². The van der Waals surface area contributed by atoms with Gasteiger partial charge in [-0.25, -0.2) is 4.98 Å². The second kappa shape index (κ2) is 4.12. The van der Waals surface area contributed by atoms with Crippen LogP contribution in [0.4, 0.5) is 5.69 Å². The predicted octanol–water partition coefficient (Wildman–Crippen LogP) is 0.0421. The zero-order valence-electron chi connectivity index (χ0n) is 10.2. The molecule has 0 saturated heterocycles. The van der Waals surface area contributed by atoms with Crippen LogP contribution in [-0.2, 0) is 7.05 Å². The van der Waals surface area contributed by atoms with Crippen molar-refractivity contribution in [1.29, 1.82) is 0 Å². The van der Waals surface area contributed by atoms with E-state index in [-0.39, 0.29) is 5.82 Å². The molecule has 3 aromatic rings. The molecule has 0 saturated carbocycles. The molecule has 0 spiro atoms. The van der Waals surface area contributed by atoms with Crippen molar-refractivity contribution >= 4 is 22.6 Å². The van der Waals surface area contributed by atoms with E-state index in [1.165, 1.54) is 0 Å². The van der Waals surface area contributed by atoms with Gasteiger partial charge in [-0.1, -0.05) is 0 Å². The molecule has 2 N–H and O–H groups in total. The lowest BCUT2D eigenvalue weighted by Gasteiger charge is -2.02. The van der Waals surface area contributed by atoms with Gasteiger partial charge in [0.1, 0.15) is 0 Å². The van der Waals surface area contributed by atoms with Gasteiger partial charge >= 0.3 is 0 Å². The maximum atomic E-state index is 11.8. The number of aromatic amines is 1. The number of aromatic nitrogens is 7. The quantitative estimate of drug-likeness (QED) is 0.670. The standard InChI is InChI=1S/C10H10N8O/c1-5-7-3-6(4-11-9(7)18(2)15-5)12-10(19)8-13-16-17-14-8/h3-4H,1-2H3,(H,12,19)(H,13,14,16,17). The van der Waals surface area contributed by atoms with Gasteiger partial charge < -0.3 is 5.32 Å². The highest BCUT2D eigenvalue weighted by molar-refractivity contribution is 6.02. The average Bonchev–Trinajstić information content (AvgIpc) is 2.99. The summed E-state index contributed by atoms with van der Waals surface area (Å²) >= 11 is 0. The minimum Gasteiger partial charge on any atom is -0.318 e. The first-order valence-electron chi connectivity index (χ1n) is 5.49. The van der Waals surface area contributed by atoms with Crippen molar-refractivity contribution in [3.05, 3.63) is 23.8 Å². The number of pyridine rings is 1. The summed E-state index contributed by atoms with van der Waals surface area (Å²) in [6, 6.07) is 1.81. The minimum absolute atomic E-state index is 0.0250. The number of anilines is 1. The molecule has 19 heavy (non-hydrogen) atoms. The lowest BCUT2D eigenvalue weighted by atomic mass is 10.2. The largest absolute Gasteiger partial charge is 0.318 e. The molecule has 0 fully saturated rings. The Balaban J connectivity index is 1.94. The third-order valence-electron chi connectivity index (χ3n) is 2.67. The number of fused-ring (bicyclic) bond motifs is 1. The van der Waals surface area contributed by atoms with Gasteiger partial charge in [0, 0.05) is 12.4 Å². The van der Waals surface area contributed by atoms with Gasteiger partial charge in [0.2, 0.25) is 0 Å². The molecule has 96 valence electrons. The number of aryl methyl sites for hydroxylation is 2. The summed E-state index contributed by atoms with van der Waals surface area (Å²) in [4.78, 5) is 16.0. The summed E-state index contributed by atoms with van der Waals surface area (Å²) in [6.45, 7) is 1.88. The van der Waals surface area contributed by atoms with E-state index in [2.05, 4.69) is 36.0 Å². The molecule has 0 unspecified atom stereocenters. The Morgan fingerprint density at radius 1 is 1.47 bits per heavy atom. The van der Waals surface area contributed by atoms with Crippen LogP contribution in [0.25, 0.3) is 11.0 Å². The van der Waals surface area contributed by atoms with Crippen molar-refractivity contribution in [2.24, 2.45) is 7.05 Å². The number of hydrogen-bond acceptors (Lipinski definition) is 6. The van der Waals surface area contributed by atoms with Gasteiger partial charge in [0.05, 0.1) is 17.6 Å². The van der Waals surface area contributed by atoms with Crippen LogP contribution in [0.3, 0.4) is 0 Å². The molecule has 9 nitrogen and oxygen atoms in total. The Labute approximate surface area is 107 Å². The number of nitrogens with one attached hydrogen (secondary N) is 2. The number of hydrogen-bond donors (Lipinski definition) is 2.